The van der Waals surface area contributed by atoms with Crippen LogP contribution in [0, 0.1) is 0 Å². The number of benzene rings is 2. The first-order valence-electron chi connectivity index (χ1n) is 9.13. The van der Waals surface area contributed by atoms with Crippen LogP contribution in [0.25, 0.3) is 0 Å². The normalized spacial score (nSPS) is 12.7. The molecule has 0 spiro atoms. The number of carbonyl (C=O) groups excluding carboxylic acids is 3. The summed E-state index contributed by atoms with van der Waals surface area (Å²) in [6.45, 7) is 1.87. The Bertz CT molecular complexity index is 877. The van der Waals surface area contributed by atoms with Crippen molar-refractivity contribution < 1.29 is 14.4 Å². The Labute approximate surface area is 183 Å². The molecular formula is C21H23BrClN3O3. The fourth-order valence-corrected chi connectivity index (χ4v) is 3.38. The molecule has 0 saturated carbocycles. The van der Waals surface area contributed by atoms with Crippen LogP contribution in [0.5, 0.6) is 0 Å². The second-order valence-electron chi connectivity index (χ2n) is 6.66. The van der Waals surface area contributed by atoms with E-state index in [0.29, 0.717) is 5.02 Å². The quantitative estimate of drug-likeness (QED) is 0.513. The molecule has 154 valence electrons. The minimum absolute atomic E-state index is 0.00927. The van der Waals surface area contributed by atoms with Gasteiger partial charge in [-0.1, -0.05) is 57.9 Å². The molecule has 0 aliphatic heterocycles. The number of primary amides is 1. The molecule has 2 rings (SSSR count). The van der Waals surface area contributed by atoms with Crippen molar-refractivity contribution in [1.29, 1.82) is 0 Å². The van der Waals surface area contributed by atoms with Gasteiger partial charge in [-0.15, -0.1) is 0 Å². The summed E-state index contributed by atoms with van der Waals surface area (Å²) < 4.78 is 0.761. The van der Waals surface area contributed by atoms with Crippen molar-refractivity contribution in [3.05, 3.63) is 69.2 Å². The zero-order chi connectivity index (χ0) is 21.4. The van der Waals surface area contributed by atoms with Crippen LogP contribution in [0.2, 0.25) is 5.02 Å². The van der Waals surface area contributed by atoms with Gasteiger partial charge >= 0.3 is 0 Å². The molecule has 0 aromatic heterocycles. The fraction of sp³-hybridized carbons (Fsp3) is 0.286. The fourth-order valence-electron chi connectivity index (χ4n) is 2.77. The van der Waals surface area contributed by atoms with Gasteiger partial charge in [0.25, 0.3) is 0 Å². The van der Waals surface area contributed by atoms with Crippen LogP contribution in [-0.2, 0) is 20.8 Å². The van der Waals surface area contributed by atoms with Gasteiger partial charge in [-0.3, -0.25) is 14.4 Å². The van der Waals surface area contributed by atoms with Crippen molar-refractivity contribution >= 4 is 45.3 Å². The molecule has 8 heteroatoms. The summed E-state index contributed by atoms with van der Waals surface area (Å²) >= 11 is 9.38. The van der Waals surface area contributed by atoms with E-state index in [1.807, 2.05) is 37.3 Å². The summed E-state index contributed by atoms with van der Waals surface area (Å²) in [6, 6.07) is 13.6. The lowest BCUT2D eigenvalue weighted by Crippen LogP contribution is -2.46. The van der Waals surface area contributed by atoms with E-state index >= 15 is 0 Å². The predicted octanol–water partition coefficient (Wildman–Crippen LogP) is 3.27. The van der Waals surface area contributed by atoms with E-state index in [2.05, 4.69) is 26.6 Å². The van der Waals surface area contributed by atoms with Gasteiger partial charge in [-0.25, -0.2) is 0 Å². The Morgan fingerprint density at radius 2 is 1.66 bits per heavy atom. The van der Waals surface area contributed by atoms with Crippen LogP contribution >= 0.6 is 27.5 Å². The molecule has 2 aromatic carbocycles. The third-order valence-corrected chi connectivity index (χ3v) is 5.38. The van der Waals surface area contributed by atoms with E-state index in [-0.39, 0.29) is 31.2 Å². The summed E-state index contributed by atoms with van der Waals surface area (Å²) in [4.78, 5) is 36.1. The second kappa shape index (κ2) is 11.0. The molecule has 2 aromatic rings. The maximum absolute atomic E-state index is 12.2. The number of halogens is 2. The van der Waals surface area contributed by atoms with Crippen LogP contribution in [-0.4, -0.2) is 23.8 Å². The highest BCUT2D eigenvalue weighted by Crippen LogP contribution is 2.22. The average Bonchev–Trinajstić information content (AvgIpc) is 2.69. The minimum Gasteiger partial charge on any atom is -0.368 e. The van der Waals surface area contributed by atoms with Gasteiger partial charge in [-0.05, 0) is 36.2 Å². The number of hydrogen-bond acceptors (Lipinski definition) is 3. The number of nitrogens with two attached hydrogens (primary N) is 1. The van der Waals surface area contributed by atoms with Crippen molar-refractivity contribution in [2.45, 2.75) is 38.3 Å². The lowest BCUT2D eigenvalue weighted by Gasteiger charge is -2.17. The molecular weight excluding hydrogens is 458 g/mol. The molecule has 3 amide bonds. The average molecular weight is 481 g/mol. The summed E-state index contributed by atoms with van der Waals surface area (Å²) in [5.41, 5.74) is 7.15. The maximum Gasteiger partial charge on any atom is 0.240 e. The van der Waals surface area contributed by atoms with Crippen LogP contribution in [0.4, 0.5) is 0 Å². The van der Waals surface area contributed by atoms with Crippen LogP contribution in [0.1, 0.15) is 36.9 Å². The number of rotatable bonds is 9. The van der Waals surface area contributed by atoms with E-state index in [0.717, 1.165) is 15.6 Å². The number of hydrogen-bond donors (Lipinski definition) is 3. The van der Waals surface area contributed by atoms with Gasteiger partial charge in [-0.2, -0.15) is 0 Å². The van der Waals surface area contributed by atoms with Crippen molar-refractivity contribution in [2.75, 3.05) is 0 Å². The summed E-state index contributed by atoms with van der Waals surface area (Å²) in [5.74, 6) is -1.33. The smallest absolute Gasteiger partial charge is 0.240 e. The zero-order valence-electron chi connectivity index (χ0n) is 16.0. The van der Waals surface area contributed by atoms with E-state index in [1.165, 1.54) is 0 Å². The van der Waals surface area contributed by atoms with Gasteiger partial charge in [0.05, 0.1) is 6.04 Å². The summed E-state index contributed by atoms with van der Waals surface area (Å²) in [7, 11) is 0. The molecule has 0 unspecified atom stereocenters. The molecule has 6 nitrogen and oxygen atoms in total. The Balaban J connectivity index is 1.86. The van der Waals surface area contributed by atoms with Gasteiger partial charge < -0.3 is 16.4 Å². The molecule has 29 heavy (non-hydrogen) atoms. The highest BCUT2D eigenvalue weighted by Gasteiger charge is 2.20. The first kappa shape index (κ1) is 22.9. The summed E-state index contributed by atoms with van der Waals surface area (Å²) in [5, 5.41) is 5.96. The maximum atomic E-state index is 12.2. The SMILES string of the molecule is C[C@@H](NC(=O)CCC(=O)N[C@H](Cc1cc(Cl)ccc1Br)C(N)=O)c1ccccc1. The van der Waals surface area contributed by atoms with Crippen LogP contribution < -0.4 is 16.4 Å². The molecule has 0 saturated heterocycles. The summed E-state index contributed by atoms with van der Waals surface area (Å²) in [6.07, 6.45) is 0.155. The molecule has 0 fully saturated rings. The van der Waals surface area contributed by atoms with Gasteiger partial charge in [0, 0.05) is 28.8 Å². The van der Waals surface area contributed by atoms with E-state index < -0.39 is 17.9 Å². The van der Waals surface area contributed by atoms with Crippen molar-refractivity contribution in [3.8, 4) is 0 Å². The Kier molecular flexibility index (Phi) is 8.67. The number of amides is 3. The van der Waals surface area contributed by atoms with Crippen molar-refractivity contribution in [1.82, 2.24) is 10.6 Å². The van der Waals surface area contributed by atoms with Crippen molar-refractivity contribution in [3.63, 3.8) is 0 Å². The van der Waals surface area contributed by atoms with Gasteiger partial charge in [0.2, 0.25) is 17.7 Å². The first-order chi connectivity index (χ1) is 13.8. The highest BCUT2D eigenvalue weighted by molar-refractivity contribution is 9.10. The molecule has 0 radical (unpaired) electrons. The number of carbonyl (C=O) groups is 3. The predicted molar refractivity (Wildman–Crippen MR) is 116 cm³/mol. The third kappa shape index (κ3) is 7.51. The van der Waals surface area contributed by atoms with Crippen LogP contribution in [0.15, 0.2) is 53.0 Å². The lowest BCUT2D eigenvalue weighted by molar-refractivity contribution is -0.129. The van der Waals surface area contributed by atoms with Gasteiger partial charge in [0.1, 0.15) is 6.04 Å². The van der Waals surface area contributed by atoms with E-state index in [4.69, 9.17) is 17.3 Å². The van der Waals surface area contributed by atoms with E-state index in [9.17, 15) is 14.4 Å². The third-order valence-electron chi connectivity index (χ3n) is 4.37. The molecule has 0 aliphatic carbocycles. The highest BCUT2D eigenvalue weighted by atomic mass is 79.9. The largest absolute Gasteiger partial charge is 0.368 e. The molecule has 4 N–H and O–H groups in total. The standard InChI is InChI=1S/C21H23BrClN3O3/c1-13(14-5-3-2-4-6-14)25-19(27)9-10-20(28)26-18(21(24)29)12-15-11-16(23)7-8-17(15)22/h2-8,11,13,18H,9-10,12H2,1H3,(H2,24,29)(H,25,27)(H,26,28)/t13-,18-/m1/s1. The Hall–Kier alpha value is -2.38. The van der Waals surface area contributed by atoms with Crippen molar-refractivity contribution in [2.24, 2.45) is 5.73 Å². The molecule has 2 atom stereocenters. The topological polar surface area (TPSA) is 101 Å². The minimum atomic E-state index is -0.899. The number of nitrogens with one attached hydrogen (secondary N) is 2. The van der Waals surface area contributed by atoms with Gasteiger partial charge in [0.15, 0.2) is 0 Å². The Morgan fingerprint density at radius 1 is 1.03 bits per heavy atom. The molecule has 0 aliphatic rings. The molecule has 0 bridgehead atoms. The zero-order valence-corrected chi connectivity index (χ0v) is 18.3. The van der Waals surface area contributed by atoms with Crippen LogP contribution in [0.3, 0.4) is 0 Å². The second-order valence-corrected chi connectivity index (χ2v) is 7.95. The first-order valence-corrected chi connectivity index (χ1v) is 10.3. The lowest BCUT2D eigenvalue weighted by atomic mass is 10.0. The molecule has 0 heterocycles. The monoisotopic (exact) mass is 479 g/mol. The van der Waals surface area contributed by atoms with E-state index in [1.54, 1.807) is 18.2 Å². The Morgan fingerprint density at radius 3 is 2.28 bits per heavy atom.